The minimum absolute atomic E-state index is 0.0407. The normalized spacial score (nSPS) is 12.6. The van der Waals surface area contributed by atoms with Gasteiger partial charge in [-0.05, 0) is 32.1 Å². The minimum Gasteiger partial charge on any atom is -0.461 e. The molecule has 0 spiro atoms. The molecule has 0 heterocycles. The number of aliphatic hydroxyl groups excluding tert-OH is 2. The highest BCUT2D eigenvalue weighted by Crippen LogP contribution is 2.10. The van der Waals surface area contributed by atoms with Crippen LogP contribution in [-0.2, 0) is 9.53 Å². The van der Waals surface area contributed by atoms with Crippen molar-refractivity contribution in [3.63, 3.8) is 0 Å². The van der Waals surface area contributed by atoms with E-state index in [-0.39, 0.29) is 13.2 Å². The van der Waals surface area contributed by atoms with Crippen molar-refractivity contribution in [2.24, 2.45) is 0 Å². The summed E-state index contributed by atoms with van der Waals surface area (Å²) in [4.78, 5) is 11.3. The van der Waals surface area contributed by atoms with Gasteiger partial charge in [0.1, 0.15) is 6.61 Å². The molecule has 0 fully saturated rings. The number of hydrogen-bond acceptors (Lipinski definition) is 4. The second kappa shape index (κ2) is 18.5. The van der Waals surface area contributed by atoms with E-state index in [1.165, 1.54) is 44.9 Å². The standard InChI is InChI=1S/C20H38O4/c1-2-3-4-5-6-7-8-9-10-11-12-13-14-15-16-19(22)20(23)24-18-17-21/h9-10,19,21-22H,2-8,11-18H2,1H3/b10-9-. The first kappa shape index (κ1) is 23.1. The maximum absolute atomic E-state index is 11.3. The van der Waals surface area contributed by atoms with Gasteiger partial charge in [0.15, 0.2) is 6.10 Å². The Morgan fingerprint density at radius 2 is 1.46 bits per heavy atom. The predicted octanol–water partition coefficient (Wildman–Crippen LogP) is 4.53. The third kappa shape index (κ3) is 16.0. The van der Waals surface area contributed by atoms with Crippen molar-refractivity contribution in [3.8, 4) is 0 Å². The van der Waals surface area contributed by atoms with Gasteiger partial charge in [-0.15, -0.1) is 0 Å². The molecule has 0 aliphatic rings. The smallest absolute Gasteiger partial charge is 0.335 e. The van der Waals surface area contributed by atoms with E-state index in [1.54, 1.807) is 0 Å². The van der Waals surface area contributed by atoms with Gasteiger partial charge in [0.05, 0.1) is 6.61 Å². The van der Waals surface area contributed by atoms with E-state index in [0.29, 0.717) is 6.42 Å². The molecule has 0 rings (SSSR count). The first-order valence-corrected chi connectivity index (χ1v) is 9.83. The van der Waals surface area contributed by atoms with Gasteiger partial charge in [0, 0.05) is 0 Å². The Morgan fingerprint density at radius 1 is 0.917 bits per heavy atom. The van der Waals surface area contributed by atoms with Gasteiger partial charge >= 0.3 is 5.97 Å². The molecule has 1 unspecified atom stereocenters. The average Bonchev–Trinajstić information content (AvgIpc) is 2.59. The predicted molar refractivity (Wildman–Crippen MR) is 98.9 cm³/mol. The molecule has 0 aliphatic heterocycles. The summed E-state index contributed by atoms with van der Waals surface area (Å²) in [5.74, 6) is -0.623. The summed E-state index contributed by atoms with van der Waals surface area (Å²) < 4.78 is 4.67. The quantitative estimate of drug-likeness (QED) is 0.231. The number of hydrogen-bond donors (Lipinski definition) is 2. The highest BCUT2D eigenvalue weighted by Gasteiger charge is 2.15. The Bertz CT molecular complexity index is 302. The largest absolute Gasteiger partial charge is 0.461 e. The molecule has 0 aliphatic carbocycles. The van der Waals surface area contributed by atoms with E-state index in [4.69, 9.17) is 5.11 Å². The van der Waals surface area contributed by atoms with Crippen LogP contribution in [-0.4, -0.2) is 35.5 Å². The van der Waals surface area contributed by atoms with Crippen LogP contribution < -0.4 is 0 Å². The maximum Gasteiger partial charge on any atom is 0.335 e. The molecule has 2 N–H and O–H groups in total. The average molecular weight is 343 g/mol. The molecule has 142 valence electrons. The molecule has 0 aromatic rings. The fourth-order valence-corrected chi connectivity index (χ4v) is 2.59. The zero-order valence-corrected chi connectivity index (χ0v) is 15.5. The molecule has 4 nitrogen and oxygen atoms in total. The van der Waals surface area contributed by atoms with Crippen LogP contribution in [0.3, 0.4) is 0 Å². The maximum atomic E-state index is 11.3. The highest BCUT2D eigenvalue weighted by atomic mass is 16.6. The third-order valence-corrected chi connectivity index (χ3v) is 4.10. The van der Waals surface area contributed by atoms with Crippen molar-refractivity contribution >= 4 is 5.97 Å². The zero-order valence-electron chi connectivity index (χ0n) is 15.5. The van der Waals surface area contributed by atoms with E-state index >= 15 is 0 Å². The summed E-state index contributed by atoms with van der Waals surface area (Å²) in [6.45, 7) is 2.00. The van der Waals surface area contributed by atoms with E-state index in [0.717, 1.165) is 32.1 Å². The van der Waals surface area contributed by atoms with E-state index in [2.05, 4.69) is 23.8 Å². The molecular formula is C20H38O4. The summed E-state index contributed by atoms with van der Waals surface area (Å²) in [5.41, 5.74) is 0. The number of carbonyl (C=O) groups excluding carboxylic acids is 1. The van der Waals surface area contributed by atoms with Crippen LogP contribution in [0.5, 0.6) is 0 Å². The van der Waals surface area contributed by atoms with Gasteiger partial charge in [0.2, 0.25) is 0 Å². The molecule has 0 aromatic carbocycles. The number of allylic oxidation sites excluding steroid dienone is 2. The van der Waals surface area contributed by atoms with E-state index in [1.807, 2.05) is 0 Å². The summed E-state index contributed by atoms with van der Waals surface area (Å²) in [6, 6.07) is 0. The second-order valence-electron chi connectivity index (χ2n) is 6.43. The molecule has 24 heavy (non-hydrogen) atoms. The Morgan fingerprint density at radius 3 is 2.04 bits per heavy atom. The lowest BCUT2D eigenvalue weighted by Gasteiger charge is -2.09. The van der Waals surface area contributed by atoms with Gasteiger partial charge in [-0.2, -0.15) is 0 Å². The van der Waals surface area contributed by atoms with Gasteiger partial charge in [-0.1, -0.05) is 70.4 Å². The number of ether oxygens (including phenoxy) is 1. The second-order valence-corrected chi connectivity index (χ2v) is 6.43. The first-order valence-electron chi connectivity index (χ1n) is 9.83. The summed E-state index contributed by atoms with van der Waals surface area (Å²) in [5, 5.41) is 18.1. The minimum atomic E-state index is -1.05. The number of rotatable bonds is 17. The molecule has 0 saturated carbocycles. The zero-order chi connectivity index (χ0) is 17.9. The SMILES string of the molecule is CCCCCCCC/C=C\CCCCCCC(O)C(=O)OCCO. The number of carbonyl (C=O) groups is 1. The lowest BCUT2D eigenvalue weighted by atomic mass is 10.1. The Kier molecular flexibility index (Phi) is 17.8. The third-order valence-electron chi connectivity index (χ3n) is 4.10. The fraction of sp³-hybridized carbons (Fsp3) is 0.850. The summed E-state index contributed by atoms with van der Waals surface area (Å²) in [7, 11) is 0. The van der Waals surface area contributed by atoms with Crippen LogP contribution in [0.4, 0.5) is 0 Å². The van der Waals surface area contributed by atoms with Crippen molar-refractivity contribution in [1.29, 1.82) is 0 Å². The van der Waals surface area contributed by atoms with Gasteiger partial charge in [0.25, 0.3) is 0 Å². The van der Waals surface area contributed by atoms with Crippen LogP contribution in [0.2, 0.25) is 0 Å². The lowest BCUT2D eigenvalue weighted by molar-refractivity contribution is -0.154. The Labute approximate surface area is 148 Å². The molecule has 0 bridgehead atoms. The monoisotopic (exact) mass is 342 g/mol. The van der Waals surface area contributed by atoms with Gasteiger partial charge in [-0.3, -0.25) is 0 Å². The van der Waals surface area contributed by atoms with Crippen molar-refractivity contribution in [1.82, 2.24) is 0 Å². The van der Waals surface area contributed by atoms with E-state index < -0.39 is 12.1 Å². The topological polar surface area (TPSA) is 66.8 Å². The van der Waals surface area contributed by atoms with Crippen molar-refractivity contribution < 1.29 is 19.7 Å². The Balaban J connectivity index is 3.29. The van der Waals surface area contributed by atoms with Gasteiger partial charge < -0.3 is 14.9 Å². The van der Waals surface area contributed by atoms with Crippen LogP contribution in [0, 0.1) is 0 Å². The van der Waals surface area contributed by atoms with Gasteiger partial charge in [-0.25, -0.2) is 4.79 Å². The molecule has 0 aromatic heterocycles. The van der Waals surface area contributed by atoms with Crippen LogP contribution in [0.15, 0.2) is 12.2 Å². The van der Waals surface area contributed by atoms with Crippen LogP contribution in [0.1, 0.15) is 90.4 Å². The summed E-state index contributed by atoms with van der Waals surface area (Å²) in [6.07, 6.45) is 18.6. The van der Waals surface area contributed by atoms with Crippen molar-refractivity contribution in [2.45, 2.75) is 96.5 Å². The molecular weight excluding hydrogens is 304 g/mol. The van der Waals surface area contributed by atoms with E-state index in [9.17, 15) is 9.90 Å². The first-order chi connectivity index (χ1) is 11.7. The van der Waals surface area contributed by atoms with Crippen LogP contribution in [0.25, 0.3) is 0 Å². The van der Waals surface area contributed by atoms with Crippen molar-refractivity contribution in [2.75, 3.05) is 13.2 Å². The highest BCUT2D eigenvalue weighted by molar-refractivity contribution is 5.74. The molecule has 0 amide bonds. The summed E-state index contributed by atoms with van der Waals surface area (Å²) >= 11 is 0. The fourth-order valence-electron chi connectivity index (χ4n) is 2.59. The van der Waals surface area contributed by atoms with Crippen LogP contribution >= 0.6 is 0 Å². The molecule has 0 saturated heterocycles. The molecule has 1 atom stereocenters. The lowest BCUT2D eigenvalue weighted by Crippen LogP contribution is -2.24. The molecule has 4 heteroatoms. The number of unbranched alkanes of at least 4 members (excludes halogenated alkanes) is 10. The number of esters is 1. The Hall–Kier alpha value is -0.870. The van der Waals surface area contributed by atoms with Crippen molar-refractivity contribution in [3.05, 3.63) is 12.2 Å². The molecule has 0 radical (unpaired) electrons. The number of aliphatic hydroxyl groups is 2.